The molecule has 1 atom stereocenters. The van der Waals surface area contributed by atoms with E-state index in [-0.39, 0.29) is 5.91 Å². The van der Waals surface area contributed by atoms with Crippen LogP contribution in [0.25, 0.3) is 10.8 Å². The molecule has 23 heavy (non-hydrogen) atoms. The highest BCUT2D eigenvalue weighted by molar-refractivity contribution is 6.30. The van der Waals surface area contributed by atoms with Crippen LogP contribution in [0.3, 0.4) is 0 Å². The summed E-state index contributed by atoms with van der Waals surface area (Å²) in [6, 6.07) is 20.7. The number of hydrogen-bond donors (Lipinski definition) is 1. The van der Waals surface area contributed by atoms with Crippen molar-refractivity contribution in [2.75, 3.05) is 5.32 Å². The van der Waals surface area contributed by atoms with Gasteiger partial charge in [0, 0.05) is 16.1 Å². The van der Waals surface area contributed by atoms with Crippen molar-refractivity contribution in [3.8, 4) is 5.75 Å². The number of fused-ring (bicyclic) bond motifs is 1. The maximum Gasteiger partial charge on any atom is 0.265 e. The van der Waals surface area contributed by atoms with Crippen LogP contribution in [-0.4, -0.2) is 12.0 Å². The third kappa shape index (κ3) is 3.63. The predicted octanol–water partition coefficient (Wildman–Crippen LogP) is 4.90. The van der Waals surface area contributed by atoms with Crippen LogP contribution in [0.1, 0.15) is 6.92 Å². The minimum absolute atomic E-state index is 0.198. The Balaban J connectivity index is 1.74. The Labute approximate surface area is 139 Å². The smallest absolute Gasteiger partial charge is 0.265 e. The molecule has 1 amide bonds. The molecule has 116 valence electrons. The van der Waals surface area contributed by atoms with Crippen LogP contribution in [0.2, 0.25) is 5.02 Å². The Morgan fingerprint density at radius 1 is 1.00 bits per heavy atom. The summed E-state index contributed by atoms with van der Waals surface area (Å²) in [5.74, 6) is 0.409. The highest BCUT2D eigenvalue weighted by Gasteiger charge is 2.15. The fourth-order valence-electron chi connectivity index (χ4n) is 2.34. The zero-order valence-corrected chi connectivity index (χ0v) is 13.4. The van der Waals surface area contributed by atoms with E-state index in [0.717, 1.165) is 16.5 Å². The van der Waals surface area contributed by atoms with Crippen molar-refractivity contribution in [2.24, 2.45) is 0 Å². The van der Waals surface area contributed by atoms with Crippen LogP contribution in [-0.2, 0) is 4.79 Å². The third-order valence-corrected chi connectivity index (χ3v) is 3.80. The van der Waals surface area contributed by atoms with Gasteiger partial charge in [0.15, 0.2) is 6.10 Å². The summed E-state index contributed by atoms with van der Waals surface area (Å²) in [6.07, 6.45) is -0.616. The lowest BCUT2D eigenvalue weighted by Crippen LogP contribution is -2.30. The molecule has 0 saturated heterocycles. The van der Waals surface area contributed by atoms with E-state index >= 15 is 0 Å². The lowest BCUT2D eigenvalue weighted by Gasteiger charge is -2.15. The molecule has 3 rings (SSSR count). The number of anilines is 1. The molecular formula is C19H16ClNO2. The van der Waals surface area contributed by atoms with E-state index < -0.39 is 6.10 Å². The average Bonchev–Trinajstić information content (AvgIpc) is 2.57. The standard InChI is InChI=1S/C19H16ClNO2/c1-13(23-16-11-9-15(20)10-12-16)19(22)21-18-8-4-6-14-5-2-3-7-17(14)18/h2-13H,1H3,(H,21,22). The molecule has 4 heteroatoms. The Morgan fingerprint density at radius 3 is 2.48 bits per heavy atom. The Kier molecular flexibility index (Phi) is 4.49. The van der Waals surface area contributed by atoms with Crippen molar-refractivity contribution in [1.29, 1.82) is 0 Å². The summed E-state index contributed by atoms with van der Waals surface area (Å²) in [6.45, 7) is 1.72. The predicted molar refractivity (Wildman–Crippen MR) is 94.1 cm³/mol. The van der Waals surface area contributed by atoms with Crippen LogP contribution < -0.4 is 10.1 Å². The van der Waals surface area contributed by atoms with Crippen LogP contribution >= 0.6 is 11.6 Å². The normalized spacial score (nSPS) is 11.9. The second-order valence-electron chi connectivity index (χ2n) is 5.23. The summed E-state index contributed by atoms with van der Waals surface area (Å²) < 4.78 is 5.64. The Bertz CT molecular complexity index is 825. The molecule has 1 N–H and O–H groups in total. The van der Waals surface area contributed by atoms with E-state index in [1.807, 2.05) is 42.5 Å². The van der Waals surface area contributed by atoms with E-state index in [2.05, 4.69) is 5.32 Å². The third-order valence-electron chi connectivity index (χ3n) is 3.54. The second-order valence-corrected chi connectivity index (χ2v) is 5.67. The molecule has 0 spiro atoms. The van der Waals surface area contributed by atoms with Crippen LogP contribution in [0.15, 0.2) is 66.7 Å². The number of hydrogen-bond acceptors (Lipinski definition) is 2. The van der Waals surface area contributed by atoms with Gasteiger partial charge in [-0.1, -0.05) is 48.0 Å². The number of halogens is 1. The van der Waals surface area contributed by atoms with Gasteiger partial charge in [-0.3, -0.25) is 4.79 Å². The van der Waals surface area contributed by atoms with Crippen LogP contribution in [0.5, 0.6) is 5.75 Å². The minimum atomic E-state index is -0.616. The van der Waals surface area contributed by atoms with Crippen molar-refractivity contribution in [1.82, 2.24) is 0 Å². The van der Waals surface area contributed by atoms with Crippen molar-refractivity contribution in [3.63, 3.8) is 0 Å². The number of ether oxygens (including phenoxy) is 1. The van der Waals surface area contributed by atoms with E-state index in [0.29, 0.717) is 10.8 Å². The van der Waals surface area contributed by atoms with Gasteiger partial charge in [0.1, 0.15) is 5.75 Å². The SMILES string of the molecule is CC(Oc1ccc(Cl)cc1)C(=O)Nc1cccc2ccccc12. The first-order valence-corrected chi connectivity index (χ1v) is 7.72. The first-order chi connectivity index (χ1) is 11.1. The maximum absolute atomic E-state index is 12.4. The molecule has 3 aromatic carbocycles. The van der Waals surface area contributed by atoms with Gasteiger partial charge < -0.3 is 10.1 Å². The van der Waals surface area contributed by atoms with Gasteiger partial charge in [-0.05, 0) is 42.6 Å². The number of benzene rings is 3. The van der Waals surface area contributed by atoms with Crippen molar-refractivity contribution >= 4 is 34.0 Å². The Hall–Kier alpha value is -2.52. The molecule has 0 bridgehead atoms. The zero-order chi connectivity index (χ0) is 16.2. The number of amides is 1. The minimum Gasteiger partial charge on any atom is -0.481 e. The van der Waals surface area contributed by atoms with Gasteiger partial charge in [-0.2, -0.15) is 0 Å². The molecule has 0 saturated carbocycles. The van der Waals surface area contributed by atoms with Gasteiger partial charge in [0.25, 0.3) is 5.91 Å². The summed E-state index contributed by atoms with van der Waals surface area (Å²) in [5, 5.41) is 5.64. The van der Waals surface area contributed by atoms with Gasteiger partial charge in [0.2, 0.25) is 0 Å². The fraction of sp³-hybridized carbons (Fsp3) is 0.105. The molecule has 3 nitrogen and oxygen atoms in total. The van der Waals surface area contributed by atoms with Gasteiger partial charge in [0.05, 0.1) is 0 Å². The topological polar surface area (TPSA) is 38.3 Å². The summed E-state index contributed by atoms with van der Waals surface area (Å²) in [4.78, 5) is 12.4. The maximum atomic E-state index is 12.4. The van der Waals surface area contributed by atoms with Crippen molar-refractivity contribution in [2.45, 2.75) is 13.0 Å². The van der Waals surface area contributed by atoms with Crippen molar-refractivity contribution in [3.05, 3.63) is 71.8 Å². The Morgan fingerprint density at radius 2 is 1.70 bits per heavy atom. The monoisotopic (exact) mass is 325 g/mol. The largest absolute Gasteiger partial charge is 0.481 e. The lowest BCUT2D eigenvalue weighted by atomic mass is 10.1. The van der Waals surface area contributed by atoms with Gasteiger partial charge >= 0.3 is 0 Å². The summed E-state index contributed by atoms with van der Waals surface area (Å²) in [5.41, 5.74) is 0.777. The fourth-order valence-corrected chi connectivity index (χ4v) is 2.47. The molecular weight excluding hydrogens is 310 g/mol. The molecule has 0 aliphatic rings. The quantitative estimate of drug-likeness (QED) is 0.741. The highest BCUT2D eigenvalue weighted by Crippen LogP contribution is 2.23. The summed E-state index contributed by atoms with van der Waals surface area (Å²) >= 11 is 5.84. The number of carbonyl (C=O) groups excluding carboxylic acids is 1. The van der Waals surface area contributed by atoms with Crippen LogP contribution in [0, 0.1) is 0 Å². The van der Waals surface area contributed by atoms with E-state index in [1.165, 1.54) is 0 Å². The van der Waals surface area contributed by atoms with Gasteiger partial charge in [-0.25, -0.2) is 0 Å². The van der Waals surface area contributed by atoms with E-state index in [9.17, 15) is 4.79 Å². The molecule has 0 radical (unpaired) electrons. The molecule has 0 aliphatic carbocycles. The zero-order valence-electron chi connectivity index (χ0n) is 12.6. The first-order valence-electron chi connectivity index (χ1n) is 7.34. The molecule has 0 heterocycles. The number of carbonyl (C=O) groups is 1. The number of rotatable bonds is 4. The molecule has 3 aromatic rings. The number of nitrogens with one attached hydrogen (secondary N) is 1. The second kappa shape index (κ2) is 6.71. The first kappa shape index (κ1) is 15.4. The average molecular weight is 326 g/mol. The van der Waals surface area contributed by atoms with Crippen LogP contribution in [0.4, 0.5) is 5.69 Å². The lowest BCUT2D eigenvalue weighted by molar-refractivity contribution is -0.122. The highest BCUT2D eigenvalue weighted by atomic mass is 35.5. The van der Waals surface area contributed by atoms with E-state index in [1.54, 1.807) is 31.2 Å². The molecule has 1 unspecified atom stereocenters. The van der Waals surface area contributed by atoms with E-state index in [4.69, 9.17) is 16.3 Å². The molecule has 0 fully saturated rings. The van der Waals surface area contributed by atoms with Crippen molar-refractivity contribution < 1.29 is 9.53 Å². The summed E-state index contributed by atoms with van der Waals surface area (Å²) in [7, 11) is 0. The molecule has 0 aliphatic heterocycles. The van der Waals surface area contributed by atoms with Gasteiger partial charge in [-0.15, -0.1) is 0 Å². The molecule has 0 aromatic heterocycles.